The van der Waals surface area contributed by atoms with Gasteiger partial charge in [0.2, 0.25) is 15.9 Å². The van der Waals surface area contributed by atoms with Gasteiger partial charge in [-0.1, -0.05) is 23.3 Å². The van der Waals surface area contributed by atoms with E-state index in [4.69, 9.17) is 4.42 Å². The molecule has 8 nitrogen and oxygen atoms in total. The zero-order chi connectivity index (χ0) is 22.4. The first-order valence-electron chi connectivity index (χ1n) is 9.08. The molecule has 0 atom stereocenters. The van der Waals surface area contributed by atoms with Gasteiger partial charge in [0.15, 0.2) is 0 Å². The van der Waals surface area contributed by atoms with Gasteiger partial charge in [-0.3, -0.25) is 10.1 Å². The summed E-state index contributed by atoms with van der Waals surface area (Å²) in [6, 6.07) is 10.8. The van der Waals surface area contributed by atoms with Crippen LogP contribution in [-0.2, 0) is 10.0 Å². The maximum atomic E-state index is 13.3. The smallest absolute Gasteiger partial charge is 0.322 e. The van der Waals surface area contributed by atoms with Gasteiger partial charge in [0, 0.05) is 24.2 Å². The number of nitrogens with one attached hydrogen (secondary N) is 1. The number of sulfonamides is 1. The molecular formula is C21H19FN4O4S. The quantitative estimate of drug-likeness (QED) is 0.509. The number of aromatic nitrogens is 2. The third kappa shape index (κ3) is 5.11. The van der Waals surface area contributed by atoms with Crippen LogP contribution in [0.4, 0.5) is 10.4 Å². The van der Waals surface area contributed by atoms with Crippen LogP contribution >= 0.6 is 0 Å². The second-order valence-electron chi connectivity index (χ2n) is 6.30. The van der Waals surface area contributed by atoms with Crippen molar-refractivity contribution in [1.29, 1.82) is 0 Å². The van der Waals surface area contributed by atoms with E-state index in [0.29, 0.717) is 5.56 Å². The molecule has 1 N–H and O–H groups in total. The van der Waals surface area contributed by atoms with Crippen molar-refractivity contribution in [3.05, 3.63) is 85.2 Å². The third-order valence-corrected chi connectivity index (χ3v) is 5.98. The molecule has 1 aromatic heterocycles. The predicted molar refractivity (Wildman–Crippen MR) is 113 cm³/mol. The Hall–Kier alpha value is -3.63. The lowest BCUT2D eigenvalue weighted by molar-refractivity contribution is 0.102. The average Bonchev–Trinajstić information content (AvgIpc) is 3.22. The highest BCUT2D eigenvalue weighted by Crippen LogP contribution is 2.21. The van der Waals surface area contributed by atoms with E-state index in [0.717, 1.165) is 0 Å². The fraction of sp³-hybridized carbons (Fsp3) is 0.0952. The number of nitrogens with zero attached hydrogens (tertiary/aromatic N) is 3. The summed E-state index contributed by atoms with van der Waals surface area (Å²) in [7, 11) is -3.77. The van der Waals surface area contributed by atoms with Crippen LogP contribution in [0.25, 0.3) is 11.5 Å². The largest absolute Gasteiger partial charge is 0.403 e. The number of carbonyl (C=O) groups excluding carboxylic acids is 1. The molecule has 160 valence electrons. The average molecular weight is 442 g/mol. The molecule has 31 heavy (non-hydrogen) atoms. The van der Waals surface area contributed by atoms with Gasteiger partial charge in [-0.25, -0.2) is 12.8 Å². The molecule has 10 heteroatoms. The lowest BCUT2D eigenvalue weighted by Crippen LogP contribution is -2.31. The van der Waals surface area contributed by atoms with Crippen molar-refractivity contribution in [1.82, 2.24) is 14.5 Å². The fourth-order valence-corrected chi connectivity index (χ4v) is 4.05. The third-order valence-electron chi connectivity index (χ3n) is 4.14. The lowest BCUT2D eigenvalue weighted by Gasteiger charge is -2.19. The number of benzene rings is 2. The van der Waals surface area contributed by atoms with Gasteiger partial charge in [-0.05, 0) is 42.5 Å². The minimum Gasteiger partial charge on any atom is -0.403 e. The molecule has 3 aromatic rings. The van der Waals surface area contributed by atoms with E-state index in [-0.39, 0.29) is 35.5 Å². The minimum atomic E-state index is -3.77. The minimum absolute atomic E-state index is 0.0268. The number of amides is 1. The molecule has 0 aliphatic heterocycles. The first-order chi connectivity index (χ1) is 14.8. The van der Waals surface area contributed by atoms with E-state index in [1.807, 2.05) is 0 Å². The number of rotatable bonds is 9. The van der Waals surface area contributed by atoms with Gasteiger partial charge >= 0.3 is 6.01 Å². The Kier molecular flexibility index (Phi) is 6.73. The number of halogens is 1. The monoisotopic (exact) mass is 442 g/mol. The van der Waals surface area contributed by atoms with Crippen molar-refractivity contribution in [2.45, 2.75) is 4.90 Å². The summed E-state index contributed by atoms with van der Waals surface area (Å²) >= 11 is 0. The standard InChI is InChI=1S/C21H19FN4O4S/c1-3-12-26(13-4-2)31(28,29)18-10-8-15(9-11-18)19(27)23-21-25-24-20(30-21)16-6-5-7-17(22)14-16/h3-11,14H,1-2,12-13H2,(H,23,25,27). The van der Waals surface area contributed by atoms with Crippen LogP contribution in [0.5, 0.6) is 0 Å². The van der Waals surface area contributed by atoms with Crippen LogP contribution in [0.3, 0.4) is 0 Å². The van der Waals surface area contributed by atoms with Crippen LogP contribution in [0.1, 0.15) is 10.4 Å². The predicted octanol–water partition coefficient (Wildman–Crippen LogP) is 3.49. The van der Waals surface area contributed by atoms with Crippen molar-refractivity contribution in [2.75, 3.05) is 18.4 Å². The van der Waals surface area contributed by atoms with E-state index in [1.165, 1.54) is 58.9 Å². The molecule has 0 radical (unpaired) electrons. The van der Waals surface area contributed by atoms with Crippen LogP contribution in [0.15, 0.2) is 83.2 Å². The zero-order valence-corrected chi connectivity index (χ0v) is 17.2. The molecule has 0 bridgehead atoms. The normalized spacial score (nSPS) is 11.3. The maximum Gasteiger partial charge on any atom is 0.322 e. The second kappa shape index (κ2) is 9.45. The van der Waals surface area contributed by atoms with Crippen molar-refractivity contribution in [3.63, 3.8) is 0 Å². The molecule has 2 aromatic carbocycles. The molecule has 0 spiro atoms. The van der Waals surface area contributed by atoms with E-state index in [2.05, 4.69) is 28.7 Å². The van der Waals surface area contributed by atoms with Gasteiger partial charge in [0.05, 0.1) is 4.90 Å². The molecule has 3 rings (SSSR count). The van der Waals surface area contributed by atoms with Crippen molar-refractivity contribution >= 4 is 21.9 Å². The Labute approximate surface area is 178 Å². The van der Waals surface area contributed by atoms with Crippen molar-refractivity contribution < 1.29 is 22.0 Å². The summed E-state index contributed by atoms with van der Waals surface area (Å²) in [5, 5.41) is 9.92. The molecule has 0 unspecified atom stereocenters. The maximum absolute atomic E-state index is 13.3. The molecular weight excluding hydrogens is 423 g/mol. The SMILES string of the molecule is C=CCN(CC=C)S(=O)(=O)c1ccc(C(=O)Nc2nnc(-c3cccc(F)c3)o2)cc1. The molecule has 0 saturated heterocycles. The van der Waals surface area contributed by atoms with Crippen LogP contribution in [0.2, 0.25) is 0 Å². The van der Waals surface area contributed by atoms with Gasteiger partial charge in [-0.2, -0.15) is 4.31 Å². The van der Waals surface area contributed by atoms with Gasteiger partial charge in [-0.15, -0.1) is 18.3 Å². The Balaban J connectivity index is 1.74. The molecule has 0 aliphatic carbocycles. The van der Waals surface area contributed by atoms with E-state index < -0.39 is 21.7 Å². The van der Waals surface area contributed by atoms with Crippen LogP contribution < -0.4 is 5.32 Å². The Morgan fingerprint density at radius 2 is 1.77 bits per heavy atom. The number of hydrogen-bond donors (Lipinski definition) is 1. The number of carbonyl (C=O) groups is 1. The Morgan fingerprint density at radius 3 is 2.39 bits per heavy atom. The first kappa shape index (κ1) is 22.1. The van der Waals surface area contributed by atoms with Gasteiger partial charge in [0.25, 0.3) is 5.91 Å². The van der Waals surface area contributed by atoms with Gasteiger partial charge < -0.3 is 4.42 Å². The van der Waals surface area contributed by atoms with E-state index in [9.17, 15) is 17.6 Å². The molecule has 0 saturated carbocycles. The van der Waals surface area contributed by atoms with Gasteiger partial charge in [0.1, 0.15) is 5.82 Å². The summed E-state index contributed by atoms with van der Waals surface area (Å²) in [5.41, 5.74) is 0.551. The fourth-order valence-electron chi connectivity index (χ4n) is 2.67. The van der Waals surface area contributed by atoms with Crippen LogP contribution in [0, 0.1) is 5.82 Å². The van der Waals surface area contributed by atoms with Crippen molar-refractivity contribution in [2.24, 2.45) is 0 Å². The Bertz CT molecular complexity index is 1200. The highest BCUT2D eigenvalue weighted by molar-refractivity contribution is 7.89. The number of anilines is 1. The molecule has 0 aliphatic rings. The highest BCUT2D eigenvalue weighted by Gasteiger charge is 2.23. The number of hydrogen-bond acceptors (Lipinski definition) is 6. The molecule has 1 heterocycles. The summed E-state index contributed by atoms with van der Waals surface area (Å²) in [5.74, 6) is -0.996. The van der Waals surface area contributed by atoms with Crippen LogP contribution in [-0.4, -0.2) is 41.9 Å². The molecule has 0 fully saturated rings. The molecule has 1 amide bonds. The summed E-state index contributed by atoms with van der Waals surface area (Å²) in [6.07, 6.45) is 2.96. The lowest BCUT2D eigenvalue weighted by atomic mass is 10.2. The zero-order valence-electron chi connectivity index (χ0n) is 16.4. The topological polar surface area (TPSA) is 105 Å². The summed E-state index contributed by atoms with van der Waals surface area (Å²) in [4.78, 5) is 12.5. The Morgan fingerprint density at radius 1 is 1.10 bits per heavy atom. The highest BCUT2D eigenvalue weighted by atomic mass is 32.2. The summed E-state index contributed by atoms with van der Waals surface area (Å²) < 4.78 is 45.3. The second-order valence-corrected chi connectivity index (χ2v) is 8.24. The van der Waals surface area contributed by atoms with E-state index in [1.54, 1.807) is 6.07 Å². The first-order valence-corrected chi connectivity index (χ1v) is 10.5. The van der Waals surface area contributed by atoms with E-state index >= 15 is 0 Å². The summed E-state index contributed by atoms with van der Waals surface area (Å²) in [6.45, 7) is 7.37. The van der Waals surface area contributed by atoms with Crippen molar-refractivity contribution in [3.8, 4) is 11.5 Å².